The van der Waals surface area contributed by atoms with E-state index in [4.69, 9.17) is 5.26 Å². The second-order valence-electron chi connectivity index (χ2n) is 5.43. The van der Waals surface area contributed by atoms with Gasteiger partial charge in [0.2, 0.25) is 0 Å². The Labute approximate surface area is 113 Å². The summed E-state index contributed by atoms with van der Waals surface area (Å²) >= 11 is 0. The highest BCUT2D eigenvalue weighted by atomic mass is 16.3. The number of H-pyrrole nitrogens is 1. The summed E-state index contributed by atoms with van der Waals surface area (Å²) in [5.74, 6) is 1.33. The molecule has 19 heavy (non-hydrogen) atoms. The molecule has 0 aliphatic carbocycles. The van der Waals surface area contributed by atoms with Crippen molar-refractivity contribution in [1.29, 1.82) is 5.26 Å². The zero-order valence-corrected chi connectivity index (χ0v) is 11.6. The number of nitrogens with zero attached hydrogens (tertiary/aromatic N) is 2. The van der Waals surface area contributed by atoms with Crippen LogP contribution in [0.3, 0.4) is 0 Å². The Kier molecular flexibility index (Phi) is 3.87. The van der Waals surface area contributed by atoms with E-state index in [0.29, 0.717) is 11.5 Å². The second kappa shape index (κ2) is 5.41. The van der Waals surface area contributed by atoms with Crippen molar-refractivity contribution in [3.8, 4) is 6.07 Å². The quantitative estimate of drug-likeness (QED) is 0.884. The Morgan fingerprint density at radius 1 is 1.42 bits per heavy atom. The Morgan fingerprint density at radius 2 is 2.16 bits per heavy atom. The fraction of sp³-hybridized carbons (Fsp3) is 0.467. The second-order valence-corrected chi connectivity index (χ2v) is 5.43. The van der Waals surface area contributed by atoms with Gasteiger partial charge in [0.15, 0.2) is 0 Å². The predicted octanol–water partition coefficient (Wildman–Crippen LogP) is 2.87. The number of rotatable bonds is 4. The van der Waals surface area contributed by atoms with Gasteiger partial charge in [0.1, 0.15) is 5.82 Å². The van der Waals surface area contributed by atoms with Gasteiger partial charge in [-0.25, -0.2) is 4.98 Å². The van der Waals surface area contributed by atoms with Gasteiger partial charge in [-0.3, -0.25) is 0 Å². The molecule has 0 aliphatic rings. The van der Waals surface area contributed by atoms with Crippen LogP contribution in [0.25, 0.3) is 11.0 Å². The van der Waals surface area contributed by atoms with Gasteiger partial charge in [-0.05, 0) is 37.0 Å². The number of fused-ring (bicyclic) bond motifs is 1. The maximum Gasteiger partial charge on any atom is 0.112 e. The normalized spacial score (nSPS) is 12.8. The van der Waals surface area contributed by atoms with Crippen LogP contribution in [0.15, 0.2) is 12.1 Å². The van der Waals surface area contributed by atoms with Crippen molar-refractivity contribution in [3.63, 3.8) is 0 Å². The zero-order valence-electron chi connectivity index (χ0n) is 11.6. The highest BCUT2D eigenvalue weighted by molar-refractivity contribution is 5.78. The molecule has 1 aromatic carbocycles. The summed E-state index contributed by atoms with van der Waals surface area (Å²) in [6.45, 7) is 6.25. The van der Waals surface area contributed by atoms with Crippen molar-refractivity contribution in [2.24, 2.45) is 5.92 Å². The van der Waals surface area contributed by atoms with E-state index in [9.17, 15) is 5.11 Å². The van der Waals surface area contributed by atoms with Crippen molar-refractivity contribution in [2.45, 2.75) is 33.1 Å². The lowest BCUT2D eigenvalue weighted by atomic mass is 9.97. The van der Waals surface area contributed by atoms with Crippen LogP contribution >= 0.6 is 0 Å². The molecule has 0 bridgehead atoms. The van der Waals surface area contributed by atoms with Crippen LogP contribution in [0, 0.1) is 24.2 Å². The first-order valence-corrected chi connectivity index (χ1v) is 6.56. The van der Waals surface area contributed by atoms with E-state index < -0.39 is 0 Å². The number of aromatic nitrogens is 2. The number of hydrogen-bond donors (Lipinski definition) is 2. The van der Waals surface area contributed by atoms with E-state index >= 15 is 0 Å². The van der Waals surface area contributed by atoms with Crippen LogP contribution in [0.4, 0.5) is 0 Å². The summed E-state index contributed by atoms with van der Waals surface area (Å²) in [5, 5.41) is 18.5. The summed E-state index contributed by atoms with van der Waals surface area (Å²) in [6, 6.07) is 5.91. The number of imidazole rings is 1. The van der Waals surface area contributed by atoms with Crippen LogP contribution < -0.4 is 0 Å². The molecule has 100 valence electrons. The molecular formula is C15H19N3O. The third-order valence-electron chi connectivity index (χ3n) is 3.33. The monoisotopic (exact) mass is 257 g/mol. The van der Waals surface area contributed by atoms with E-state index in [1.54, 1.807) is 6.07 Å². The lowest BCUT2D eigenvalue weighted by Gasteiger charge is -2.13. The molecule has 0 saturated heterocycles. The first-order valence-electron chi connectivity index (χ1n) is 6.56. The number of benzene rings is 1. The number of aryl methyl sites for hydroxylation is 1. The molecule has 1 unspecified atom stereocenters. The van der Waals surface area contributed by atoms with Crippen LogP contribution in [0.2, 0.25) is 0 Å². The first kappa shape index (κ1) is 13.6. The number of nitriles is 1. The molecule has 0 amide bonds. The van der Waals surface area contributed by atoms with Crippen molar-refractivity contribution >= 4 is 11.0 Å². The van der Waals surface area contributed by atoms with Gasteiger partial charge in [-0.2, -0.15) is 5.26 Å². The molecule has 1 heterocycles. The smallest absolute Gasteiger partial charge is 0.112 e. The third-order valence-corrected chi connectivity index (χ3v) is 3.33. The minimum absolute atomic E-state index is 0.0261. The molecule has 0 fully saturated rings. The van der Waals surface area contributed by atoms with E-state index in [1.807, 2.05) is 13.0 Å². The average Bonchev–Trinajstić information content (AvgIpc) is 2.76. The Balaban J connectivity index is 2.43. The SMILES string of the molecule is Cc1cc2[nH]c(C(CO)CC(C)C)nc2cc1C#N. The molecule has 2 rings (SSSR count). The van der Waals surface area contributed by atoms with E-state index in [1.165, 1.54) is 0 Å². The van der Waals surface area contributed by atoms with Crippen LogP contribution in [0.1, 0.15) is 43.1 Å². The Bertz CT molecular complexity index is 622. The lowest BCUT2D eigenvalue weighted by Crippen LogP contribution is -2.09. The number of nitrogens with one attached hydrogen (secondary N) is 1. The van der Waals surface area contributed by atoms with E-state index in [2.05, 4.69) is 29.9 Å². The van der Waals surface area contributed by atoms with Gasteiger partial charge in [0.05, 0.1) is 29.3 Å². The fourth-order valence-corrected chi connectivity index (χ4v) is 2.34. The van der Waals surface area contributed by atoms with Crippen LogP contribution in [-0.4, -0.2) is 21.7 Å². The summed E-state index contributed by atoms with van der Waals surface area (Å²) in [5.41, 5.74) is 3.30. The van der Waals surface area contributed by atoms with Crippen molar-refractivity contribution in [3.05, 3.63) is 29.1 Å². The molecule has 4 nitrogen and oxygen atoms in total. The fourth-order valence-electron chi connectivity index (χ4n) is 2.34. The van der Waals surface area contributed by atoms with Gasteiger partial charge in [-0.1, -0.05) is 13.8 Å². The molecule has 1 atom stereocenters. The molecule has 0 spiro atoms. The lowest BCUT2D eigenvalue weighted by molar-refractivity contribution is 0.244. The number of aliphatic hydroxyl groups is 1. The zero-order chi connectivity index (χ0) is 14.0. The molecular weight excluding hydrogens is 238 g/mol. The maximum atomic E-state index is 9.50. The van der Waals surface area contributed by atoms with Crippen molar-refractivity contribution in [2.75, 3.05) is 6.61 Å². The van der Waals surface area contributed by atoms with E-state index in [-0.39, 0.29) is 12.5 Å². The summed E-state index contributed by atoms with van der Waals surface area (Å²) in [7, 11) is 0. The molecule has 2 N–H and O–H groups in total. The molecule has 4 heteroatoms. The molecule has 0 radical (unpaired) electrons. The number of hydrogen-bond acceptors (Lipinski definition) is 3. The first-order chi connectivity index (χ1) is 9.05. The minimum atomic E-state index is 0.0261. The molecule has 0 saturated carbocycles. The maximum absolute atomic E-state index is 9.50. The number of aromatic amines is 1. The topological polar surface area (TPSA) is 72.7 Å². The van der Waals surface area contributed by atoms with Gasteiger partial charge in [-0.15, -0.1) is 0 Å². The highest BCUT2D eigenvalue weighted by Crippen LogP contribution is 2.25. The van der Waals surface area contributed by atoms with E-state index in [0.717, 1.165) is 28.8 Å². The van der Waals surface area contributed by atoms with Crippen molar-refractivity contribution in [1.82, 2.24) is 9.97 Å². The molecule has 1 aromatic heterocycles. The minimum Gasteiger partial charge on any atom is -0.396 e. The van der Waals surface area contributed by atoms with Gasteiger partial charge in [0, 0.05) is 5.92 Å². The van der Waals surface area contributed by atoms with Crippen LogP contribution in [-0.2, 0) is 0 Å². The Hall–Kier alpha value is -1.86. The van der Waals surface area contributed by atoms with Gasteiger partial charge in [0.25, 0.3) is 0 Å². The average molecular weight is 257 g/mol. The summed E-state index contributed by atoms with van der Waals surface area (Å²) in [4.78, 5) is 7.78. The summed E-state index contributed by atoms with van der Waals surface area (Å²) < 4.78 is 0. The third kappa shape index (κ3) is 2.77. The Morgan fingerprint density at radius 3 is 2.74 bits per heavy atom. The molecule has 0 aliphatic heterocycles. The van der Waals surface area contributed by atoms with Crippen molar-refractivity contribution < 1.29 is 5.11 Å². The van der Waals surface area contributed by atoms with Gasteiger partial charge < -0.3 is 10.1 Å². The van der Waals surface area contributed by atoms with Gasteiger partial charge >= 0.3 is 0 Å². The number of aliphatic hydroxyl groups excluding tert-OH is 1. The molecule has 2 aromatic rings. The summed E-state index contributed by atoms with van der Waals surface area (Å²) in [6.07, 6.45) is 0.889. The van der Waals surface area contributed by atoms with Crippen LogP contribution in [0.5, 0.6) is 0 Å². The largest absolute Gasteiger partial charge is 0.396 e. The highest BCUT2D eigenvalue weighted by Gasteiger charge is 2.17. The standard InChI is InChI=1S/C15H19N3O/c1-9(2)4-12(8-19)15-17-13-5-10(3)11(7-16)6-14(13)18-15/h5-6,9,12,19H,4,8H2,1-3H3,(H,17,18). The predicted molar refractivity (Wildman–Crippen MR) is 74.8 cm³/mol.